The molecule has 4 rings (SSSR count). The largest absolute Gasteiger partial charge is 0.460 e. The number of hydrogen-bond acceptors (Lipinski definition) is 4. The predicted octanol–water partition coefficient (Wildman–Crippen LogP) is 2.60. The fraction of sp³-hybridized carbons (Fsp3) is 0.250. The molecular weight excluding hydrogens is 318 g/mol. The van der Waals surface area contributed by atoms with Crippen molar-refractivity contribution in [3.63, 3.8) is 0 Å². The molecule has 2 heterocycles. The molecule has 1 fully saturated rings. The van der Waals surface area contributed by atoms with E-state index in [1.54, 1.807) is 24.3 Å². The van der Waals surface area contributed by atoms with E-state index in [9.17, 15) is 14.4 Å². The van der Waals surface area contributed by atoms with Crippen LogP contribution in [0.1, 0.15) is 39.1 Å². The van der Waals surface area contributed by atoms with Gasteiger partial charge in [0, 0.05) is 6.42 Å². The Morgan fingerprint density at radius 2 is 1.52 bits per heavy atom. The molecule has 0 aromatic heterocycles. The van der Waals surface area contributed by atoms with Crippen LogP contribution in [-0.2, 0) is 16.0 Å². The molecule has 0 bridgehead atoms. The highest BCUT2D eigenvalue weighted by Crippen LogP contribution is 2.31. The van der Waals surface area contributed by atoms with Gasteiger partial charge >= 0.3 is 5.97 Å². The van der Waals surface area contributed by atoms with Gasteiger partial charge in [-0.2, -0.15) is 0 Å². The molecule has 1 saturated heterocycles. The number of fused-ring (bicyclic) bond motifs is 1. The maximum Gasteiger partial charge on any atom is 0.306 e. The second kappa shape index (κ2) is 6.16. The normalized spacial score (nSPS) is 20.6. The van der Waals surface area contributed by atoms with Gasteiger partial charge in [0.15, 0.2) is 0 Å². The van der Waals surface area contributed by atoms with Crippen molar-refractivity contribution >= 4 is 17.8 Å². The van der Waals surface area contributed by atoms with E-state index < -0.39 is 12.1 Å². The van der Waals surface area contributed by atoms with E-state index in [1.807, 2.05) is 30.3 Å². The zero-order valence-corrected chi connectivity index (χ0v) is 13.6. The number of esters is 1. The molecule has 2 aromatic rings. The van der Waals surface area contributed by atoms with Crippen LogP contribution < -0.4 is 0 Å². The van der Waals surface area contributed by atoms with E-state index in [-0.39, 0.29) is 17.8 Å². The molecule has 0 radical (unpaired) electrons. The van der Waals surface area contributed by atoms with Crippen molar-refractivity contribution in [1.82, 2.24) is 4.90 Å². The highest BCUT2D eigenvalue weighted by molar-refractivity contribution is 6.21. The minimum atomic E-state index is -0.499. The van der Waals surface area contributed by atoms with Crippen molar-refractivity contribution in [3.05, 3.63) is 71.3 Å². The Morgan fingerprint density at radius 3 is 2.08 bits per heavy atom. The first-order chi connectivity index (χ1) is 12.1. The molecule has 0 spiro atoms. The smallest absolute Gasteiger partial charge is 0.306 e. The van der Waals surface area contributed by atoms with E-state index in [2.05, 4.69) is 0 Å². The van der Waals surface area contributed by atoms with E-state index in [0.29, 0.717) is 30.4 Å². The summed E-state index contributed by atoms with van der Waals surface area (Å²) >= 11 is 0. The third-order valence-electron chi connectivity index (χ3n) is 4.79. The van der Waals surface area contributed by atoms with Gasteiger partial charge in [0.25, 0.3) is 11.8 Å². The number of benzene rings is 2. The molecule has 5 nitrogen and oxygen atoms in total. The van der Waals surface area contributed by atoms with Crippen LogP contribution in [-0.4, -0.2) is 34.8 Å². The van der Waals surface area contributed by atoms with Crippen LogP contribution in [0.2, 0.25) is 0 Å². The van der Waals surface area contributed by atoms with Crippen molar-refractivity contribution < 1.29 is 19.1 Å². The monoisotopic (exact) mass is 335 g/mol. The lowest BCUT2D eigenvalue weighted by Gasteiger charge is -2.30. The number of carbonyl (C=O) groups excluding carboxylic acids is 3. The van der Waals surface area contributed by atoms with Gasteiger partial charge in [0.05, 0.1) is 17.2 Å². The highest BCUT2D eigenvalue weighted by Gasteiger charge is 2.45. The number of carbonyl (C=O) groups is 3. The number of amides is 2. The third-order valence-corrected chi connectivity index (χ3v) is 4.79. The van der Waals surface area contributed by atoms with E-state index in [0.717, 1.165) is 5.56 Å². The standard InChI is InChI=1S/C20H17NO4/c22-18-11-10-17(25-18)16(12-13-6-2-1-3-7-13)21-19(23)14-8-4-5-9-15(14)20(21)24/h1-9,16-17H,10-12H2/t16-,17-/m0/s1. The maximum absolute atomic E-state index is 12.8. The first-order valence-electron chi connectivity index (χ1n) is 8.35. The second-order valence-corrected chi connectivity index (χ2v) is 6.35. The summed E-state index contributed by atoms with van der Waals surface area (Å²) in [5.41, 5.74) is 1.82. The lowest BCUT2D eigenvalue weighted by Crippen LogP contribution is -2.48. The number of imide groups is 1. The molecule has 25 heavy (non-hydrogen) atoms. The summed E-state index contributed by atoms with van der Waals surface area (Å²) in [6.45, 7) is 0. The predicted molar refractivity (Wildman–Crippen MR) is 90.0 cm³/mol. The minimum Gasteiger partial charge on any atom is -0.460 e. The molecule has 126 valence electrons. The zero-order valence-electron chi connectivity index (χ0n) is 13.6. The van der Waals surface area contributed by atoms with Gasteiger partial charge in [-0.1, -0.05) is 42.5 Å². The van der Waals surface area contributed by atoms with Crippen LogP contribution in [0.15, 0.2) is 54.6 Å². The molecule has 2 amide bonds. The molecule has 0 unspecified atom stereocenters. The molecule has 2 aliphatic rings. The van der Waals surface area contributed by atoms with Crippen LogP contribution in [0.5, 0.6) is 0 Å². The van der Waals surface area contributed by atoms with Crippen molar-refractivity contribution in [2.75, 3.05) is 0 Å². The quantitative estimate of drug-likeness (QED) is 0.636. The van der Waals surface area contributed by atoms with Gasteiger partial charge in [-0.25, -0.2) is 0 Å². The number of cyclic esters (lactones) is 1. The number of nitrogens with zero attached hydrogens (tertiary/aromatic N) is 1. The van der Waals surface area contributed by atoms with E-state index in [4.69, 9.17) is 4.74 Å². The lowest BCUT2D eigenvalue weighted by molar-refractivity contribution is -0.143. The van der Waals surface area contributed by atoms with Crippen molar-refractivity contribution in [3.8, 4) is 0 Å². The summed E-state index contributed by atoms with van der Waals surface area (Å²) < 4.78 is 5.42. The van der Waals surface area contributed by atoms with E-state index >= 15 is 0 Å². The van der Waals surface area contributed by atoms with Crippen molar-refractivity contribution in [1.29, 1.82) is 0 Å². The summed E-state index contributed by atoms with van der Waals surface area (Å²) in [4.78, 5) is 38.6. The molecule has 0 aliphatic carbocycles. The molecule has 2 atom stereocenters. The SMILES string of the molecule is O=C1CC[C@@H]([C@H](Cc2ccccc2)N2C(=O)c3ccccc3C2=O)O1. The van der Waals surface area contributed by atoms with Crippen LogP contribution in [0.3, 0.4) is 0 Å². The van der Waals surface area contributed by atoms with Gasteiger partial charge in [-0.05, 0) is 30.5 Å². The molecule has 2 aliphatic heterocycles. The van der Waals surface area contributed by atoms with Gasteiger partial charge in [0.2, 0.25) is 0 Å². The average molecular weight is 335 g/mol. The molecule has 0 saturated carbocycles. The molecular formula is C20H17NO4. The maximum atomic E-state index is 12.8. The van der Waals surface area contributed by atoms with Gasteiger partial charge in [0.1, 0.15) is 6.10 Å². The Kier molecular flexibility index (Phi) is 3.84. The molecule has 5 heteroatoms. The van der Waals surface area contributed by atoms with Gasteiger partial charge in [-0.3, -0.25) is 19.3 Å². The summed E-state index contributed by atoms with van der Waals surface area (Å²) in [7, 11) is 0. The van der Waals surface area contributed by atoms with Crippen LogP contribution in [0.25, 0.3) is 0 Å². The number of hydrogen-bond donors (Lipinski definition) is 0. The Balaban J connectivity index is 1.70. The van der Waals surface area contributed by atoms with Crippen LogP contribution in [0.4, 0.5) is 0 Å². The fourth-order valence-corrected chi connectivity index (χ4v) is 3.57. The summed E-state index contributed by atoms with van der Waals surface area (Å²) in [6, 6.07) is 15.9. The van der Waals surface area contributed by atoms with Crippen molar-refractivity contribution in [2.24, 2.45) is 0 Å². The molecule has 2 aromatic carbocycles. The number of rotatable bonds is 4. The van der Waals surface area contributed by atoms with Crippen LogP contribution >= 0.6 is 0 Å². The Labute approximate surface area is 145 Å². The second-order valence-electron chi connectivity index (χ2n) is 6.35. The zero-order chi connectivity index (χ0) is 17.4. The average Bonchev–Trinajstić information content (AvgIpc) is 3.17. The summed E-state index contributed by atoms with van der Waals surface area (Å²) in [5.74, 6) is -0.909. The first kappa shape index (κ1) is 15.6. The highest BCUT2D eigenvalue weighted by atomic mass is 16.6. The number of ether oxygens (including phenoxy) is 1. The first-order valence-corrected chi connectivity index (χ1v) is 8.35. The third kappa shape index (κ3) is 2.71. The Bertz CT molecular complexity index is 811. The van der Waals surface area contributed by atoms with Crippen LogP contribution in [0, 0.1) is 0 Å². The minimum absolute atomic E-state index is 0.278. The Morgan fingerprint density at radius 1 is 0.920 bits per heavy atom. The van der Waals surface area contributed by atoms with Crippen molar-refractivity contribution in [2.45, 2.75) is 31.4 Å². The lowest BCUT2D eigenvalue weighted by atomic mass is 9.98. The van der Waals surface area contributed by atoms with E-state index in [1.165, 1.54) is 4.90 Å². The summed E-state index contributed by atoms with van der Waals surface area (Å²) in [5, 5.41) is 0. The van der Waals surface area contributed by atoms with Gasteiger partial charge in [-0.15, -0.1) is 0 Å². The topological polar surface area (TPSA) is 63.7 Å². The Hall–Kier alpha value is -2.95. The fourth-order valence-electron chi connectivity index (χ4n) is 3.57. The van der Waals surface area contributed by atoms with Gasteiger partial charge < -0.3 is 4.74 Å². The summed E-state index contributed by atoms with van der Waals surface area (Å²) in [6.07, 6.45) is 0.836. The molecule has 0 N–H and O–H groups in total.